The van der Waals surface area contributed by atoms with E-state index in [1.807, 2.05) is 12.1 Å². The molecular formula is C26H23N4O3+. The average Bonchev–Trinajstić information content (AvgIpc) is 3.18. The first kappa shape index (κ1) is 20.8. The Labute approximate surface area is 191 Å². The lowest BCUT2D eigenvalue weighted by Crippen LogP contribution is -2.43. The first-order valence-electron chi connectivity index (χ1n) is 10.7. The quantitative estimate of drug-likeness (QED) is 0.393. The summed E-state index contributed by atoms with van der Waals surface area (Å²) in [6.45, 7) is 2.53. The first-order valence-corrected chi connectivity index (χ1v) is 10.7. The number of aryl methyl sites for hydroxylation is 3. The molecule has 0 bridgehead atoms. The van der Waals surface area contributed by atoms with Crippen molar-refractivity contribution in [2.45, 2.75) is 19.9 Å². The van der Waals surface area contributed by atoms with Crippen LogP contribution in [0.4, 0.5) is 0 Å². The molecule has 0 aliphatic heterocycles. The van der Waals surface area contributed by atoms with Gasteiger partial charge >= 0.3 is 0 Å². The minimum atomic E-state index is -0.324. The minimum absolute atomic E-state index is 0.149. The second kappa shape index (κ2) is 8.09. The van der Waals surface area contributed by atoms with E-state index < -0.39 is 0 Å². The van der Waals surface area contributed by atoms with Crippen molar-refractivity contribution in [3.05, 3.63) is 94.6 Å². The van der Waals surface area contributed by atoms with Crippen molar-refractivity contribution in [1.82, 2.24) is 14.8 Å². The van der Waals surface area contributed by atoms with Gasteiger partial charge < -0.3 is 4.74 Å². The van der Waals surface area contributed by atoms with Crippen LogP contribution in [0.5, 0.6) is 5.75 Å². The number of nitrogens with zero attached hydrogens (tertiary/aromatic N) is 4. The summed E-state index contributed by atoms with van der Waals surface area (Å²) in [5.74, 6) is 0.221. The van der Waals surface area contributed by atoms with Gasteiger partial charge in [0.25, 0.3) is 0 Å². The third-order valence-electron chi connectivity index (χ3n) is 6.04. The molecule has 2 aromatic carbocycles. The SMILES string of the molecule is COc1cc(-c2ccc(C)cc2)ccc1CCn1c2c(n[n+]1C)C(=O)c1ncccc1C2=O. The summed E-state index contributed by atoms with van der Waals surface area (Å²) in [6, 6.07) is 17.8. The third-order valence-corrected chi connectivity index (χ3v) is 6.04. The van der Waals surface area contributed by atoms with Crippen molar-refractivity contribution in [1.29, 1.82) is 0 Å². The monoisotopic (exact) mass is 439 g/mol. The second-order valence-corrected chi connectivity index (χ2v) is 8.11. The molecule has 0 fully saturated rings. The summed E-state index contributed by atoms with van der Waals surface area (Å²) < 4.78 is 7.42. The fourth-order valence-electron chi connectivity index (χ4n) is 4.26. The van der Waals surface area contributed by atoms with Gasteiger partial charge in [-0.25, -0.2) is 0 Å². The molecule has 0 saturated heterocycles. The standard InChI is InChI=1S/C26H23N4O3/c1-16-6-8-17(9-7-16)19-11-10-18(21(15-19)33-3)12-14-30-24-23(28-29(30)2)26(32)22-20(25(24)31)5-4-13-27-22/h4-11,13,15H,12,14H2,1-3H3/q+1. The number of ketones is 2. The van der Waals surface area contributed by atoms with Gasteiger partial charge in [0.1, 0.15) is 11.4 Å². The smallest absolute Gasteiger partial charge is 0.239 e. The molecule has 7 nitrogen and oxygen atoms in total. The van der Waals surface area contributed by atoms with Crippen LogP contribution in [0.3, 0.4) is 0 Å². The number of methoxy groups -OCH3 is 1. The number of ether oxygens (including phenoxy) is 1. The van der Waals surface area contributed by atoms with Crippen LogP contribution in [0.1, 0.15) is 43.4 Å². The molecular weight excluding hydrogens is 416 g/mol. The Morgan fingerprint density at radius 2 is 1.73 bits per heavy atom. The molecule has 0 saturated carbocycles. The van der Waals surface area contributed by atoms with Gasteiger partial charge in [-0.3, -0.25) is 14.6 Å². The molecule has 0 atom stereocenters. The van der Waals surface area contributed by atoms with E-state index in [9.17, 15) is 9.59 Å². The van der Waals surface area contributed by atoms with Crippen LogP contribution in [0.25, 0.3) is 11.1 Å². The maximum absolute atomic E-state index is 13.2. The van der Waals surface area contributed by atoms with Crippen molar-refractivity contribution in [3.63, 3.8) is 0 Å². The van der Waals surface area contributed by atoms with E-state index >= 15 is 0 Å². The predicted octanol–water partition coefficient (Wildman–Crippen LogP) is 3.10. The molecule has 164 valence electrons. The highest BCUT2D eigenvalue weighted by Gasteiger charge is 2.40. The van der Waals surface area contributed by atoms with E-state index in [1.54, 1.807) is 35.8 Å². The van der Waals surface area contributed by atoms with Crippen LogP contribution in [-0.2, 0) is 20.0 Å². The number of hydrogen-bond donors (Lipinski definition) is 0. The molecule has 0 spiro atoms. The van der Waals surface area contributed by atoms with E-state index in [0.29, 0.717) is 24.2 Å². The van der Waals surface area contributed by atoms with Gasteiger partial charge in [0.15, 0.2) is 12.7 Å². The van der Waals surface area contributed by atoms with Crippen LogP contribution in [0.15, 0.2) is 60.8 Å². The number of rotatable bonds is 5. The molecule has 0 N–H and O–H groups in total. The Morgan fingerprint density at radius 3 is 2.48 bits per heavy atom. The number of carbonyl (C=O) groups is 2. The van der Waals surface area contributed by atoms with E-state index in [1.165, 1.54) is 11.8 Å². The largest absolute Gasteiger partial charge is 0.496 e. The number of benzene rings is 2. The molecule has 1 aliphatic carbocycles. The summed E-state index contributed by atoms with van der Waals surface area (Å²) >= 11 is 0. The zero-order valence-electron chi connectivity index (χ0n) is 18.7. The summed E-state index contributed by atoms with van der Waals surface area (Å²) in [7, 11) is 3.39. The fraction of sp³-hybridized carbons (Fsp3) is 0.192. The van der Waals surface area contributed by atoms with Gasteiger partial charge in [-0.2, -0.15) is 0 Å². The second-order valence-electron chi connectivity index (χ2n) is 8.11. The predicted molar refractivity (Wildman–Crippen MR) is 121 cm³/mol. The number of hydrogen-bond acceptors (Lipinski definition) is 5. The highest BCUT2D eigenvalue weighted by molar-refractivity contribution is 6.26. The topological polar surface area (TPSA) is 78.0 Å². The van der Waals surface area contributed by atoms with E-state index in [0.717, 1.165) is 22.4 Å². The fourth-order valence-corrected chi connectivity index (χ4v) is 4.26. The molecule has 7 heteroatoms. The Hall–Kier alpha value is -4.13. The highest BCUT2D eigenvalue weighted by atomic mass is 16.5. The maximum Gasteiger partial charge on any atom is 0.239 e. The van der Waals surface area contributed by atoms with Gasteiger partial charge in [0.2, 0.25) is 17.3 Å². The van der Waals surface area contributed by atoms with Crippen molar-refractivity contribution in [2.75, 3.05) is 7.11 Å². The van der Waals surface area contributed by atoms with Gasteiger partial charge in [-0.1, -0.05) is 42.0 Å². The van der Waals surface area contributed by atoms with Crippen molar-refractivity contribution < 1.29 is 19.1 Å². The molecule has 5 rings (SSSR count). The zero-order valence-corrected chi connectivity index (χ0v) is 18.7. The Morgan fingerprint density at radius 1 is 0.970 bits per heavy atom. The number of fused-ring (bicyclic) bond motifs is 2. The van der Waals surface area contributed by atoms with E-state index in [4.69, 9.17) is 4.74 Å². The summed E-state index contributed by atoms with van der Waals surface area (Å²) in [5.41, 5.74) is 5.35. The molecule has 2 heterocycles. The lowest BCUT2D eigenvalue weighted by atomic mass is 9.94. The summed E-state index contributed by atoms with van der Waals surface area (Å²) in [4.78, 5) is 31.7. The molecule has 0 unspecified atom stereocenters. The molecule has 2 aromatic heterocycles. The molecule has 33 heavy (non-hydrogen) atoms. The highest BCUT2D eigenvalue weighted by Crippen LogP contribution is 2.29. The Bertz CT molecular complexity index is 1400. The van der Waals surface area contributed by atoms with Crippen molar-refractivity contribution in [2.24, 2.45) is 7.05 Å². The molecule has 0 radical (unpaired) electrons. The molecule has 0 amide bonds. The minimum Gasteiger partial charge on any atom is -0.496 e. The number of aromatic nitrogens is 4. The van der Waals surface area contributed by atoms with Crippen LogP contribution in [0, 0.1) is 6.92 Å². The lowest BCUT2D eigenvalue weighted by Gasteiger charge is -2.13. The Balaban J connectivity index is 1.45. The summed E-state index contributed by atoms with van der Waals surface area (Å²) in [6.07, 6.45) is 2.12. The molecule has 1 aliphatic rings. The Kier molecular flexibility index (Phi) is 5.09. The van der Waals surface area contributed by atoms with Crippen LogP contribution >= 0.6 is 0 Å². The first-order chi connectivity index (χ1) is 16.0. The van der Waals surface area contributed by atoms with Gasteiger partial charge in [-0.05, 0) is 53.0 Å². The van der Waals surface area contributed by atoms with Crippen LogP contribution < -0.4 is 9.53 Å². The average molecular weight is 439 g/mol. The van der Waals surface area contributed by atoms with Crippen molar-refractivity contribution >= 4 is 11.6 Å². The normalized spacial score (nSPS) is 12.5. The van der Waals surface area contributed by atoms with Crippen LogP contribution in [-0.4, -0.2) is 33.4 Å². The van der Waals surface area contributed by atoms with Crippen LogP contribution in [0.2, 0.25) is 0 Å². The number of carbonyl (C=O) groups excluding carboxylic acids is 2. The third kappa shape index (κ3) is 3.51. The van der Waals surface area contributed by atoms with Gasteiger partial charge in [0.05, 0.1) is 19.2 Å². The zero-order chi connectivity index (χ0) is 23.1. The van der Waals surface area contributed by atoms with Gasteiger partial charge in [0, 0.05) is 11.3 Å². The van der Waals surface area contributed by atoms with E-state index in [2.05, 4.69) is 47.3 Å². The summed E-state index contributed by atoms with van der Waals surface area (Å²) in [5, 5.41) is 4.34. The lowest BCUT2D eigenvalue weighted by molar-refractivity contribution is -0.805. The van der Waals surface area contributed by atoms with Crippen molar-refractivity contribution in [3.8, 4) is 16.9 Å². The van der Waals surface area contributed by atoms with Gasteiger partial charge in [-0.15, -0.1) is 4.68 Å². The maximum atomic E-state index is 13.2. The number of pyridine rings is 1. The molecule has 4 aromatic rings. The van der Waals surface area contributed by atoms with E-state index in [-0.39, 0.29) is 23.0 Å².